The maximum atomic E-state index is 12.5. The molecule has 0 radical (unpaired) electrons. The Balaban J connectivity index is 2.01. The van der Waals surface area contributed by atoms with E-state index in [-0.39, 0.29) is 5.91 Å². The summed E-state index contributed by atoms with van der Waals surface area (Å²) in [6.07, 6.45) is 4.28. The van der Waals surface area contributed by atoms with Crippen molar-refractivity contribution in [3.63, 3.8) is 0 Å². The van der Waals surface area contributed by atoms with E-state index in [0.29, 0.717) is 5.92 Å². The van der Waals surface area contributed by atoms with Crippen molar-refractivity contribution < 1.29 is 14.3 Å². The van der Waals surface area contributed by atoms with Crippen molar-refractivity contribution in [3.8, 4) is 5.75 Å². The van der Waals surface area contributed by atoms with Crippen molar-refractivity contribution in [3.05, 3.63) is 23.8 Å². The minimum absolute atomic E-state index is 0.0726. The molecule has 1 amide bonds. The van der Waals surface area contributed by atoms with Crippen molar-refractivity contribution in [1.29, 1.82) is 0 Å². The van der Waals surface area contributed by atoms with Crippen LogP contribution < -0.4 is 10.1 Å². The third kappa shape index (κ3) is 3.80. The molecule has 2 rings (SSSR count). The van der Waals surface area contributed by atoms with Crippen molar-refractivity contribution in [2.45, 2.75) is 52.1 Å². The van der Waals surface area contributed by atoms with Crippen LogP contribution in [0.5, 0.6) is 5.75 Å². The lowest BCUT2D eigenvalue weighted by Gasteiger charge is -2.26. The number of benzene rings is 1. The number of carbonyl (C=O) groups is 1. The minimum atomic E-state index is -0.732. The van der Waals surface area contributed by atoms with E-state index in [1.807, 2.05) is 32.0 Å². The van der Waals surface area contributed by atoms with Gasteiger partial charge in [0.2, 0.25) is 0 Å². The van der Waals surface area contributed by atoms with Gasteiger partial charge in [0.15, 0.2) is 0 Å². The maximum absolute atomic E-state index is 12.5. The number of amides is 1. The summed E-state index contributed by atoms with van der Waals surface area (Å²) >= 11 is 0. The van der Waals surface area contributed by atoms with E-state index in [1.54, 1.807) is 7.11 Å². The Kier molecular flexibility index (Phi) is 5.46. The summed E-state index contributed by atoms with van der Waals surface area (Å²) in [7, 11) is 1.60. The molecule has 1 atom stereocenters. The summed E-state index contributed by atoms with van der Waals surface area (Å²) in [5, 5.41) is 2.97. The second-order valence-electron chi connectivity index (χ2n) is 6.22. The lowest BCUT2D eigenvalue weighted by molar-refractivity contribution is -0.138. The lowest BCUT2D eigenvalue weighted by Crippen LogP contribution is -2.44. The van der Waals surface area contributed by atoms with E-state index < -0.39 is 5.60 Å². The first-order valence-electron chi connectivity index (χ1n) is 8.11. The predicted molar refractivity (Wildman–Crippen MR) is 88.3 cm³/mol. The van der Waals surface area contributed by atoms with Gasteiger partial charge in [-0.05, 0) is 62.8 Å². The van der Waals surface area contributed by atoms with Crippen LogP contribution in [0, 0.1) is 12.8 Å². The van der Waals surface area contributed by atoms with Gasteiger partial charge in [0, 0.05) is 12.8 Å². The second-order valence-corrected chi connectivity index (χ2v) is 6.22. The highest BCUT2D eigenvalue weighted by atomic mass is 16.5. The number of rotatable bonds is 8. The number of unbranched alkanes of at least 4 members (excludes halogenated alkanes) is 1. The Hall–Kier alpha value is -1.55. The van der Waals surface area contributed by atoms with Crippen molar-refractivity contribution in [1.82, 2.24) is 0 Å². The summed E-state index contributed by atoms with van der Waals surface area (Å²) in [5.41, 5.74) is 1.08. The molecule has 0 aliphatic heterocycles. The molecule has 0 spiro atoms. The third-order valence-corrected chi connectivity index (χ3v) is 4.42. The van der Waals surface area contributed by atoms with Crippen LogP contribution in [0.1, 0.15) is 45.1 Å². The topological polar surface area (TPSA) is 47.6 Å². The number of aryl methyl sites for hydroxylation is 1. The molecule has 0 unspecified atom stereocenters. The number of anilines is 1. The molecule has 1 saturated carbocycles. The number of carbonyl (C=O) groups excluding carboxylic acids is 1. The Bertz CT molecular complexity index is 525. The van der Waals surface area contributed by atoms with Crippen LogP contribution in [0.25, 0.3) is 0 Å². The average molecular weight is 305 g/mol. The second kappa shape index (κ2) is 7.14. The zero-order valence-corrected chi connectivity index (χ0v) is 14.1. The van der Waals surface area contributed by atoms with Crippen LogP contribution in [0.3, 0.4) is 0 Å². The Labute approximate surface area is 133 Å². The largest absolute Gasteiger partial charge is 0.493 e. The Morgan fingerprint density at radius 2 is 2.14 bits per heavy atom. The normalized spacial score (nSPS) is 16.9. The molecule has 0 saturated heterocycles. The third-order valence-electron chi connectivity index (χ3n) is 4.42. The molecular formula is C18H27NO3. The molecule has 22 heavy (non-hydrogen) atoms. The van der Waals surface area contributed by atoms with Crippen molar-refractivity contribution in [2.24, 2.45) is 5.92 Å². The highest BCUT2D eigenvalue weighted by Crippen LogP contribution is 2.42. The molecule has 1 N–H and O–H groups in total. The van der Waals surface area contributed by atoms with Gasteiger partial charge in [-0.3, -0.25) is 4.79 Å². The van der Waals surface area contributed by atoms with E-state index >= 15 is 0 Å². The fourth-order valence-corrected chi connectivity index (χ4v) is 2.55. The van der Waals surface area contributed by atoms with Gasteiger partial charge < -0.3 is 14.8 Å². The number of methoxy groups -OCH3 is 1. The Morgan fingerprint density at radius 1 is 1.41 bits per heavy atom. The van der Waals surface area contributed by atoms with Gasteiger partial charge in [0.25, 0.3) is 5.91 Å². The van der Waals surface area contributed by atoms with Crippen LogP contribution in [0.15, 0.2) is 18.2 Å². The van der Waals surface area contributed by atoms with E-state index in [0.717, 1.165) is 49.3 Å². The van der Waals surface area contributed by atoms with Gasteiger partial charge in [-0.15, -0.1) is 0 Å². The molecular weight excluding hydrogens is 278 g/mol. The van der Waals surface area contributed by atoms with Gasteiger partial charge in [0.1, 0.15) is 11.4 Å². The molecule has 1 aromatic rings. The molecule has 1 fully saturated rings. The highest BCUT2D eigenvalue weighted by Gasteiger charge is 2.47. The molecule has 4 heteroatoms. The number of hydrogen-bond donors (Lipinski definition) is 1. The van der Waals surface area contributed by atoms with E-state index in [2.05, 4.69) is 12.2 Å². The molecule has 0 aromatic heterocycles. The minimum Gasteiger partial charge on any atom is -0.493 e. The first kappa shape index (κ1) is 16.8. The molecule has 1 aliphatic rings. The first-order valence-corrected chi connectivity index (χ1v) is 8.11. The standard InChI is InChI=1S/C18H27NO3/c1-5-6-11-22-16-10-9-15(12-13(16)2)19-17(20)18(3,21-4)14-7-8-14/h9-10,12,14H,5-8,11H2,1-4H3,(H,19,20)/t18-/m1/s1. The Morgan fingerprint density at radius 3 is 2.68 bits per heavy atom. The van der Waals surface area contributed by atoms with Gasteiger partial charge in [-0.1, -0.05) is 13.3 Å². The monoisotopic (exact) mass is 305 g/mol. The van der Waals surface area contributed by atoms with Gasteiger partial charge in [-0.2, -0.15) is 0 Å². The summed E-state index contributed by atoms with van der Waals surface area (Å²) in [6, 6.07) is 5.75. The van der Waals surface area contributed by atoms with Crippen LogP contribution >= 0.6 is 0 Å². The summed E-state index contributed by atoms with van der Waals surface area (Å²) in [4.78, 5) is 12.5. The molecule has 0 bridgehead atoms. The molecule has 1 aromatic carbocycles. The number of nitrogens with one attached hydrogen (secondary N) is 1. The van der Waals surface area contributed by atoms with E-state index in [1.165, 1.54) is 0 Å². The van der Waals surface area contributed by atoms with Crippen LogP contribution in [0.2, 0.25) is 0 Å². The van der Waals surface area contributed by atoms with E-state index in [9.17, 15) is 4.79 Å². The van der Waals surface area contributed by atoms with Crippen molar-refractivity contribution in [2.75, 3.05) is 19.0 Å². The van der Waals surface area contributed by atoms with Crippen LogP contribution in [0.4, 0.5) is 5.69 Å². The van der Waals surface area contributed by atoms with Gasteiger partial charge >= 0.3 is 0 Å². The summed E-state index contributed by atoms with van der Waals surface area (Å²) in [6.45, 7) is 6.73. The van der Waals surface area contributed by atoms with Gasteiger partial charge in [-0.25, -0.2) is 0 Å². The fraction of sp³-hybridized carbons (Fsp3) is 0.611. The SMILES string of the molecule is CCCCOc1ccc(NC(=O)[C@](C)(OC)C2CC2)cc1C. The van der Waals surface area contributed by atoms with Crippen LogP contribution in [-0.2, 0) is 9.53 Å². The average Bonchev–Trinajstić information content (AvgIpc) is 3.34. The zero-order chi connectivity index (χ0) is 16.2. The lowest BCUT2D eigenvalue weighted by atomic mass is 9.99. The smallest absolute Gasteiger partial charge is 0.256 e. The molecule has 1 aliphatic carbocycles. The zero-order valence-electron chi connectivity index (χ0n) is 14.1. The highest BCUT2D eigenvalue weighted by molar-refractivity contribution is 5.97. The predicted octanol–water partition coefficient (Wildman–Crippen LogP) is 3.93. The molecule has 122 valence electrons. The van der Waals surface area contributed by atoms with Gasteiger partial charge in [0.05, 0.1) is 6.61 Å². The first-order chi connectivity index (χ1) is 10.5. The van der Waals surface area contributed by atoms with E-state index in [4.69, 9.17) is 9.47 Å². The molecule has 4 nitrogen and oxygen atoms in total. The van der Waals surface area contributed by atoms with Crippen LogP contribution in [-0.4, -0.2) is 25.2 Å². The van der Waals surface area contributed by atoms with Crippen molar-refractivity contribution >= 4 is 11.6 Å². The quantitative estimate of drug-likeness (QED) is 0.740. The summed E-state index contributed by atoms with van der Waals surface area (Å²) < 4.78 is 11.2. The maximum Gasteiger partial charge on any atom is 0.256 e. The number of hydrogen-bond acceptors (Lipinski definition) is 3. The number of ether oxygens (including phenoxy) is 2. The fourth-order valence-electron chi connectivity index (χ4n) is 2.55. The summed E-state index contributed by atoms with van der Waals surface area (Å²) in [5.74, 6) is 1.13. The molecule has 0 heterocycles.